The molecule has 0 saturated carbocycles. The standard InChI is InChI=1S/C14H13F3N4O/c1-9(13(22)20-2)21(8-14(15,16)17)12-4-3-10(6-18)11(5-12)7-19/h3-5,9H,8H2,1-2H3,(H,20,22)/t9-/m0/s1. The number of benzene rings is 1. The van der Waals surface area contributed by atoms with Crippen molar-refractivity contribution >= 4 is 11.6 Å². The van der Waals surface area contributed by atoms with Gasteiger partial charge in [-0.25, -0.2) is 0 Å². The minimum atomic E-state index is -4.52. The largest absolute Gasteiger partial charge is 0.405 e. The summed E-state index contributed by atoms with van der Waals surface area (Å²) in [6.07, 6.45) is -4.52. The van der Waals surface area contributed by atoms with Crippen LogP contribution in [0.4, 0.5) is 18.9 Å². The Labute approximate surface area is 125 Å². The zero-order valence-corrected chi connectivity index (χ0v) is 11.9. The van der Waals surface area contributed by atoms with Crippen LogP contribution in [0.3, 0.4) is 0 Å². The molecule has 1 amide bonds. The first-order valence-electron chi connectivity index (χ1n) is 6.22. The zero-order valence-electron chi connectivity index (χ0n) is 11.9. The Morgan fingerprint density at radius 2 is 1.91 bits per heavy atom. The van der Waals surface area contributed by atoms with Gasteiger partial charge < -0.3 is 10.2 Å². The molecule has 0 bridgehead atoms. The van der Waals surface area contributed by atoms with Gasteiger partial charge in [-0.3, -0.25) is 4.79 Å². The first-order chi connectivity index (χ1) is 10.2. The molecule has 0 aliphatic rings. The smallest absolute Gasteiger partial charge is 0.357 e. The Morgan fingerprint density at radius 1 is 1.32 bits per heavy atom. The quantitative estimate of drug-likeness (QED) is 0.921. The molecule has 1 N–H and O–H groups in total. The molecule has 0 saturated heterocycles. The molecule has 1 rings (SSSR count). The van der Waals surface area contributed by atoms with Crippen molar-refractivity contribution < 1.29 is 18.0 Å². The first kappa shape index (κ1) is 17.3. The Kier molecular flexibility index (Phi) is 5.36. The van der Waals surface area contributed by atoms with Crippen LogP contribution in [0, 0.1) is 22.7 Å². The van der Waals surface area contributed by atoms with Crippen molar-refractivity contribution in [2.75, 3.05) is 18.5 Å². The van der Waals surface area contributed by atoms with E-state index in [1.54, 1.807) is 12.1 Å². The van der Waals surface area contributed by atoms with Gasteiger partial charge in [0, 0.05) is 12.7 Å². The maximum atomic E-state index is 12.8. The first-order valence-corrected chi connectivity index (χ1v) is 6.22. The van der Waals surface area contributed by atoms with Gasteiger partial charge in [0.2, 0.25) is 5.91 Å². The fourth-order valence-electron chi connectivity index (χ4n) is 1.90. The molecule has 0 fully saturated rings. The molecule has 1 atom stereocenters. The predicted octanol–water partition coefficient (Wildman–Crippen LogP) is 1.93. The molecule has 0 aromatic heterocycles. The predicted molar refractivity (Wildman–Crippen MR) is 72.8 cm³/mol. The van der Waals surface area contributed by atoms with Gasteiger partial charge in [-0.1, -0.05) is 0 Å². The van der Waals surface area contributed by atoms with Crippen LogP contribution in [-0.2, 0) is 4.79 Å². The summed E-state index contributed by atoms with van der Waals surface area (Å²) in [5.74, 6) is -0.591. The van der Waals surface area contributed by atoms with Crippen LogP contribution in [0.5, 0.6) is 0 Å². The van der Waals surface area contributed by atoms with E-state index in [9.17, 15) is 18.0 Å². The van der Waals surface area contributed by atoms with E-state index in [1.165, 1.54) is 32.2 Å². The number of likely N-dealkylation sites (N-methyl/N-ethyl adjacent to an activating group) is 1. The summed E-state index contributed by atoms with van der Waals surface area (Å²) >= 11 is 0. The third kappa shape index (κ3) is 4.13. The highest BCUT2D eigenvalue weighted by Gasteiger charge is 2.35. The lowest BCUT2D eigenvalue weighted by Crippen LogP contribution is -2.48. The number of carbonyl (C=O) groups is 1. The number of nitrogens with one attached hydrogen (secondary N) is 1. The van der Waals surface area contributed by atoms with Gasteiger partial charge in [-0.05, 0) is 25.1 Å². The molecule has 0 unspecified atom stereocenters. The van der Waals surface area contributed by atoms with Gasteiger partial charge >= 0.3 is 6.18 Å². The molecule has 116 valence electrons. The van der Waals surface area contributed by atoms with Crippen LogP contribution in [0.1, 0.15) is 18.1 Å². The number of halogens is 3. The van der Waals surface area contributed by atoms with Crippen molar-refractivity contribution in [3.05, 3.63) is 29.3 Å². The minimum absolute atomic E-state index is 0.0451. The summed E-state index contributed by atoms with van der Waals surface area (Å²) in [4.78, 5) is 12.5. The summed E-state index contributed by atoms with van der Waals surface area (Å²) in [5.41, 5.74) is 0.0612. The highest BCUT2D eigenvalue weighted by Crippen LogP contribution is 2.26. The number of nitrogens with zero attached hydrogens (tertiary/aromatic N) is 3. The number of rotatable bonds is 4. The van der Waals surface area contributed by atoms with Gasteiger partial charge in [-0.2, -0.15) is 23.7 Å². The third-order valence-electron chi connectivity index (χ3n) is 3.02. The summed E-state index contributed by atoms with van der Waals surface area (Å²) in [7, 11) is 1.32. The van der Waals surface area contributed by atoms with Crippen molar-refractivity contribution in [2.24, 2.45) is 0 Å². The molecule has 1 aromatic rings. The summed E-state index contributed by atoms with van der Waals surface area (Å²) in [6, 6.07) is 6.16. The monoisotopic (exact) mass is 310 g/mol. The van der Waals surface area contributed by atoms with E-state index >= 15 is 0 Å². The summed E-state index contributed by atoms with van der Waals surface area (Å²) in [5, 5.41) is 20.1. The van der Waals surface area contributed by atoms with Crippen LogP contribution in [0.25, 0.3) is 0 Å². The fourth-order valence-corrected chi connectivity index (χ4v) is 1.90. The molecule has 0 aliphatic carbocycles. The number of nitriles is 2. The van der Waals surface area contributed by atoms with E-state index in [1.807, 2.05) is 0 Å². The maximum Gasteiger partial charge on any atom is 0.405 e. The lowest BCUT2D eigenvalue weighted by Gasteiger charge is -2.31. The Hall–Kier alpha value is -2.74. The van der Waals surface area contributed by atoms with Crippen molar-refractivity contribution in [3.8, 4) is 12.1 Å². The third-order valence-corrected chi connectivity index (χ3v) is 3.02. The molecule has 8 heteroatoms. The fraction of sp³-hybridized carbons (Fsp3) is 0.357. The van der Waals surface area contributed by atoms with Crippen LogP contribution in [0.2, 0.25) is 0 Å². The van der Waals surface area contributed by atoms with E-state index in [2.05, 4.69) is 5.32 Å². The van der Waals surface area contributed by atoms with Gasteiger partial charge in [0.05, 0.1) is 11.1 Å². The molecule has 1 aromatic carbocycles. The number of alkyl halides is 3. The topological polar surface area (TPSA) is 79.9 Å². The molecule has 0 spiro atoms. The second-order valence-electron chi connectivity index (χ2n) is 4.49. The number of hydrogen-bond donors (Lipinski definition) is 1. The molecule has 5 nitrogen and oxygen atoms in total. The molecule has 0 radical (unpaired) electrons. The lowest BCUT2D eigenvalue weighted by molar-refractivity contribution is -0.126. The molecule has 22 heavy (non-hydrogen) atoms. The highest BCUT2D eigenvalue weighted by atomic mass is 19.4. The molecule has 0 aliphatic heterocycles. The van der Waals surface area contributed by atoms with Crippen molar-refractivity contribution in [1.82, 2.24) is 5.32 Å². The number of carbonyl (C=O) groups excluding carboxylic acids is 1. The van der Waals surface area contributed by atoms with Crippen LogP contribution in [-0.4, -0.2) is 31.7 Å². The second-order valence-corrected chi connectivity index (χ2v) is 4.49. The molecular formula is C14H13F3N4O. The van der Waals surface area contributed by atoms with Gasteiger partial charge in [0.1, 0.15) is 24.7 Å². The van der Waals surface area contributed by atoms with Crippen LogP contribution < -0.4 is 10.2 Å². The molecular weight excluding hydrogens is 297 g/mol. The van der Waals surface area contributed by atoms with E-state index < -0.39 is 24.7 Å². The van der Waals surface area contributed by atoms with Crippen LogP contribution in [0.15, 0.2) is 18.2 Å². The Morgan fingerprint density at radius 3 is 2.36 bits per heavy atom. The maximum absolute atomic E-state index is 12.8. The van der Waals surface area contributed by atoms with Crippen molar-refractivity contribution in [3.63, 3.8) is 0 Å². The average molecular weight is 310 g/mol. The Bertz CT molecular complexity index is 643. The number of anilines is 1. The normalized spacial score (nSPS) is 12.0. The minimum Gasteiger partial charge on any atom is -0.357 e. The highest BCUT2D eigenvalue weighted by molar-refractivity contribution is 5.84. The SMILES string of the molecule is CNC(=O)[C@H](C)N(CC(F)(F)F)c1ccc(C#N)c(C#N)c1. The summed E-state index contributed by atoms with van der Waals surface area (Å²) < 4.78 is 38.3. The van der Waals surface area contributed by atoms with E-state index in [4.69, 9.17) is 10.5 Å². The average Bonchev–Trinajstić information content (AvgIpc) is 2.49. The van der Waals surface area contributed by atoms with E-state index in [-0.39, 0.29) is 16.8 Å². The second kappa shape index (κ2) is 6.81. The zero-order chi connectivity index (χ0) is 16.9. The van der Waals surface area contributed by atoms with Crippen molar-refractivity contribution in [1.29, 1.82) is 10.5 Å². The molecule has 0 heterocycles. The van der Waals surface area contributed by atoms with Crippen molar-refractivity contribution in [2.45, 2.75) is 19.1 Å². The number of amides is 1. The van der Waals surface area contributed by atoms with Crippen LogP contribution >= 0.6 is 0 Å². The summed E-state index contributed by atoms with van der Waals surface area (Å²) in [6.45, 7) is -0.0207. The number of hydrogen-bond acceptors (Lipinski definition) is 4. The van der Waals surface area contributed by atoms with E-state index in [0.717, 1.165) is 4.90 Å². The van der Waals surface area contributed by atoms with Gasteiger partial charge in [0.15, 0.2) is 0 Å². The van der Waals surface area contributed by atoms with E-state index in [0.29, 0.717) is 0 Å². The van der Waals surface area contributed by atoms with Gasteiger partial charge in [0.25, 0.3) is 0 Å². The lowest BCUT2D eigenvalue weighted by atomic mass is 10.1. The van der Waals surface area contributed by atoms with Gasteiger partial charge in [-0.15, -0.1) is 0 Å². The Balaban J connectivity index is 3.31.